The molecule has 3 nitrogen and oxygen atoms in total. The normalized spacial score (nSPS) is 16.0. The minimum atomic E-state index is -4.10. The van der Waals surface area contributed by atoms with Gasteiger partial charge in [-0.25, -0.2) is 0 Å². The monoisotopic (exact) mass is 350 g/mol. The number of benzene rings is 2. The summed E-state index contributed by atoms with van der Waals surface area (Å²) in [4.78, 5) is 1.92. The van der Waals surface area contributed by atoms with Gasteiger partial charge in [0.1, 0.15) is 12.4 Å². The lowest BCUT2D eigenvalue weighted by molar-refractivity contribution is -0.179. The number of anilines is 2. The number of rotatable bonds is 4. The Bertz CT molecular complexity index is 696. The molecule has 0 amide bonds. The molecule has 2 N–H and O–H groups in total. The molecule has 1 aliphatic rings. The van der Waals surface area contributed by atoms with Gasteiger partial charge in [0.25, 0.3) is 0 Å². The number of alkyl halides is 3. The van der Waals surface area contributed by atoms with Gasteiger partial charge in [0.2, 0.25) is 0 Å². The lowest BCUT2D eigenvalue weighted by Crippen LogP contribution is -2.39. The van der Waals surface area contributed by atoms with Crippen molar-refractivity contribution in [2.75, 3.05) is 23.7 Å². The van der Waals surface area contributed by atoms with Crippen LogP contribution in [0.5, 0.6) is 5.75 Å². The molecule has 0 saturated carbocycles. The number of ether oxygens (including phenoxy) is 1. The maximum absolute atomic E-state index is 12.8. The van der Waals surface area contributed by atoms with E-state index in [1.165, 1.54) is 0 Å². The van der Waals surface area contributed by atoms with Crippen LogP contribution >= 0.6 is 0 Å². The molecule has 134 valence electrons. The molecule has 0 unspecified atom stereocenters. The molecule has 0 aliphatic carbocycles. The molecule has 3 rings (SSSR count). The molecule has 1 saturated heterocycles. The summed E-state index contributed by atoms with van der Waals surface area (Å²) in [5.41, 5.74) is 8.45. The second-order valence-corrected chi connectivity index (χ2v) is 6.30. The summed E-state index contributed by atoms with van der Waals surface area (Å²) in [6.45, 7) is 1.16. The van der Waals surface area contributed by atoms with Gasteiger partial charge in [-0.3, -0.25) is 0 Å². The second kappa shape index (κ2) is 7.25. The van der Waals surface area contributed by atoms with Crippen LogP contribution in [0.1, 0.15) is 18.4 Å². The van der Waals surface area contributed by atoms with Gasteiger partial charge in [0, 0.05) is 19.2 Å². The standard InChI is InChI=1S/C19H21F3N2O/c20-19(21,22)15-8-10-24(11-9-15)18-7-6-16(12-17(18)23)25-13-14-4-2-1-3-5-14/h1-7,12,15H,8-11,13,23H2. The largest absolute Gasteiger partial charge is 0.489 e. The van der Waals surface area contributed by atoms with Gasteiger partial charge in [-0.1, -0.05) is 30.3 Å². The number of hydrogen-bond donors (Lipinski definition) is 1. The van der Waals surface area contributed by atoms with Crippen LogP contribution in [0, 0.1) is 5.92 Å². The Morgan fingerprint density at radius 3 is 2.32 bits per heavy atom. The zero-order chi connectivity index (χ0) is 17.9. The van der Waals surface area contributed by atoms with E-state index in [9.17, 15) is 13.2 Å². The highest BCUT2D eigenvalue weighted by molar-refractivity contribution is 5.69. The van der Waals surface area contributed by atoms with Crippen LogP contribution in [-0.4, -0.2) is 19.3 Å². The third-order valence-electron chi connectivity index (χ3n) is 4.55. The molecule has 0 bridgehead atoms. The third kappa shape index (κ3) is 4.38. The summed E-state index contributed by atoms with van der Waals surface area (Å²) >= 11 is 0. The van der Waals surface area contributed by atoms with Crippen molar-refractivity contribution in [2.24, 2.45) is 5.92 Å². The first-order valence-electron chi connectivity index (χ1n) is 8.31. The van der Waals surface area contributed by atoms with E-state index in [-0.39, 0.29) is 12.8 Å². The van der Waals surface area contributed by atoms with Crippen LogP contribution in [0.3, 0.4) is 0 Å². The van der Waals surface area contributed by atoms with Gasteiger partial charge in [0.15, 0.2) is 0 Å². The lowest BCUT2D eigenvalue weighted by atomic mass is 9.96. The Morgan fingerprint density at radius 1 is 1.04 bits per heavy atom. The molecule has 0 radical (unpaired) electrons. The predicted octanol–water partition coefficient (Wildman–Crippen LogP) is 4.63. The molecule has 2 aromatic carbocycles. The first kappa shape index (κ1) is 17.5. The number of hydrogen-bond acceptors (Lipinski definition) is 3. The summed E-state index contributed by atoms with van der Waals surface area (Å²) in [5.74, 6) is -0.561. The Hall–Kier alpha value is -2.37. The maximum atomic E-state index is 12.8. The zero-order valence-corrected chi connectivity index (χ0v) is 13.8. The summed E-state index contributed by atoms with van der Waals surface area (Å²) in [6, 6.07) is 15.1. The van der Waals surface area contributed by atoms with Crippen LogP contribution in [-0.2, 0) is 6.61 Å². The summed E-state index contributed by atoms with van der Waals surface area (Å²) in [7, 11) is 0. The van der Waals surface area contributed by atoms with Crippen molar-refractivity contribution in [3.05, 3.63) is 54.1 Å². The highest BCUT2D eigenvalue weighted by atomic mass is 19.4. The van der Waals surface area contributed by atoms with Gasteiger partial charge in [0.05, 0.1) is 17.3 Å². The van der Waals surface area contributed by atoms with E-state index in [1.807, 2.05) is 47.4 Å². The van der Waals surface area contributed by atoms with Crippen molar-refractivity contribution in [3.63, 3.8) is 0 Å². The van der Waals surface area contributed by atoms with Gasteiger partial charge >= 0.3 is 6.18 Å². The molecule has 0 atom stereocenters. The van der Waals surface area contributed by atoms with E-state index in [1.54, 1.807) is 6.07 Å². The van der Waals surface area contributed by atoms with Crippen LogP contribution in [0.4, 0.5) is 24.5 Å². The van der Waals surface area contributed by atoms with Crippen molar-refractivity contribution in [2.45, 2.75) is 25.6 Å². The minimum absolute atomic E-state index is 0.106. The number of piperidine rings is 1. The highest BCUT2D eigenvalue weighted by Gasteiger charge is 2.41. The fourth-order valence-electron chi connectivity index (χ4n) is 3.10. The van der Waals surface area contributed by atoms with Crippen molar-refractivity contribution in [1.82, 2.24) is 0 Å². The molecule has 0 spiro atoms. The van der Waals surface area contributed by atoms with Crippen LogP contribution in [0.25, 0.3) is 0 Å². The van der Waals surface area contributed by atoms with E-state index in [0.717, 1.165) is 11.3 Å². The van der Waals surface area contributed by atoms with Gasteiger partial charge in [-0.2, -0.15) is 13.2 Å². The number of nitrogen functional groups attached to an aromatic ring is 1. The highest BCUT2D eigenvalue weighted by Crippen LogP contribution is 2.37. The summed E-state index contributed by atoms with van der Waals surface area (Å²) < 4.78 is 44.0. The quantitative estimate of drug-likeness (QED) is 0.818. The van der Waals surface area contributed by atoms with Crippen molar-refractivity contribution >= 4 is 11.4 Å². The molecule has 1 fully saturated rings. The SMILES string of the molecule is Nc1cc(OCc2ccccc2)ccc1N1CCC(C(F)(F)F)CC1. The number of nitrogens with two attached hydrogens (primary N) is 1. The molecule has 0 aromatic heterocycles. The Kier molecular flexibility index (Phi) is 5.06. The maximum Gasteiger partial charge on any atom is 0.391 e. The van der Waals surface area contributed by atoms with E-state index in [0.29, 0.717) is 31.1 Å². The number of halogens is 3. The van der Waals surface area contributed by atoms with E-state index < -0.39 is 12.1 Å². The van der Waals surface area contributed by atoms with Crippen molar-refractivity contribution in [1.29, 1.82) is 0 Å². The smallest absolute Gasteiger partial charge is 0.391 e. The van der Waals surface area contributed by atoms with E-state index in [4.69, 9.17) is 10.5 Å². The Labute approximate surface area is 145 Å². The van der Waals surface area contributed by atoms with Crippen LogP contribution in [0.2, 0.25) is 0 Å². The topological polar surface area (TPSA) is 38.5 Å². The summed E-state index contributed by atoms with van der Waals surface area (Å²) in [6.07, 6.45) is -3.89. The first-order valence-corrected chi connectivity index (χ1v) is 8.31. The van der Waals surface area contributed by atoms with Crippen molar-refractivity contribution in [3.8, 4) is 5.75 Å². The minimum Gasteiger partial charge on any atom is -0.489 e. The van der Waals surface area contributed by atoms with Crippen LogP contribution < -0.4 is 15.4 Å². The third-order valence-corrected chi connectivity index (χ3v) is 4.55. The van der Waals surface area contributed by atoms with Gasteiger partial charge in [-0.15, -0.1) is 0 Å². The molecule has 2 aromatic rings. The predicted molar refractivity (Wildman–Crippen MR) is 92.6 cm³/mol. The Morgan fingerprint density at radius 2 is 1.72 bits per heavy atom. The molecular formula is C19H21F3N2O. The number of nitrogens with zero attached hydrogens (tertiary/aromatic N) is 1. The van der Waals surface area contributed by atoms with Gasteiger partial charge in [-0.05, 0) is 30.5 Å². The second-order valence-electron chi connectivity index (χ2n) is 6.30. The first-order chi connectivity index (χ1) is 11.9. The Balaban J connectivity index is 1.61. The summed E-state index contributed by atoms with van der Waals surface area (Å²) in [5, 5.41) is 0. The average molecular weight is 350 g/mol. The van der Waals surface area contributed by atoms with Crippen LogP contribution in [0.15, 0.2) is 48.5 Å². The fraction of sp³-hybridized carbons (Fsp3) is 0.368. The van der Waals surface area contributed by atoms with Crippen molar-refractivity contribution < 1.29 is 17.9 Å². The fourth-order valence-corrected chi connectivity index (χ4v) is 3.10. The zero-order valence-electron chi connectivity index (χ0n) is 13.8. The average Bonchev–Trinajstić information content (AvgIpc) is 2.60. The van der Waals surface area contributed by atoms with E-state index >= 15 is 0 Å². The molecule has 6 heteroatoms. The molecular weight excluding hydrogens is 329 g/mol. The molecule has 1 aliphatic heterocycles. The van der Waals surface area contributed by atoms with E-state index in [2.05, 4.69) is 0 Å². The lowest BCUT2D eigenvalue weighted by Gasteiger charge is -2.35. The molecule has 25 heavy (non-hydrogen) atoms. The molecule has 1 heterocycles. The van der Waals surface area contributed by atoms with Gasteiger partial charge < -0.3 is 15.4 Å².